The van der Waals surface area contributed by atoms with E-state index in [2.05, 4.69) is 56.1 Å². The molecule has 11 nitrogen and oxygen atoms in total. The Bertz CT molecular complexity index is 2190. The maximum Gasteiger partial charge on any atom is 0.155 e. The van der Waals surface area contributed by atoms with Gasteiger partial charge in [0.05, 0.1) is 5.76 Å². The van der Waals surface area contributed by atoms with E-state index in [4.69, 9.17) is 5.11 Å². The van der Waals surface area contributed by atoms with Crippen LogP contribution in [0.3, 0.4) is 0 Å². The molecule has 7 aromatic heterocycles. The maximum absolute atomic E-state index is 10.0. The molecule has 0 bridgehead atoms. The zero-order valence-corrected chi connectivity index (χ0v) is 41.6. The van der Waals surface area contributed by atoms with E-state index in [1.807, 2.05) is 135 Å². The molecule has 17 heteroatoms. The summed E-state index contributed by atoms with van der Waals surface area (Å²) in [7, 11) is 0. The number of aliphatic hydroxyl groups is 1. The molecule has 0 aliphatic carbocycles. The summed E-state index contributed by atoms with van der Waals surface area (Å²) in [4.78, 5) is 14.3. The van der Waals surface area contributed by atoms with Gasteiger partial charge >= 0.3 is 0 Å². The van der Waals surface area contributed by atoms with Crippen LogP contribution in [0, 0.1) is 23.7 Å². The number of para-hydroxylation sites is 2. The molecule has 2 radical (unpaired) electrons. The Morgan fingerprint density at radius 2 is 1.33 bits per heavy atom. The van der Waals surface area contributed by atoms with Crippen molar-refractivity contribution < 1.29 is 92.2 Å². The summed E-state index contributed by atoms with van der Waals surface area (Å²) in [5.41, 5.74) is 4.08. The predicted octanol–water partition coefficient (Wildman–Crippen LogP) is 8.63. The van der Waals surface area contributed by atoms with Crippen molar-refractivity contribution in [2.45, 2.75) is 13.8 Å². The van der Waals surface area contributed by atoms with Crippen LogP contribution in [0.25, 0.3) is 28.7 Å². The number of hydrogen-bond donors (Lipinski definition) is 1. The minimum absolute atomic E-state index is 0. The van der Waals surface area contributed by atoms with Gasteiger partial charge < -0.3 is 25.6 Å². The van der Waals surface area contributed by atoms with Crippen molar-refractivity contribution in [3.05, 3.63) is 198 Å². The van der Waals surface area contributed by atoms with E-state index >= 15 is 0 Å². The second-order valence-corrected chi connectivity index (χ2v) is 12.2. The third-order valence-corrected chi connectivity index (χ3v) is 7.90. The van der Waals surface area contributed by atoms with E-state index in [1.54, 1.807) is 61.5 Å². The molecule has 0 aliphatic heterocycles. The van der Waals surface area contributed by atoms with Crippen LogP contribution >= 0.6 is 22.7 Å². The number of thiophene rings is 2. The number of benzene rings is 2. The largest absolute Gasteiger partial charge is 0.512 e. The normalized spacial score (nSPS) is 9.59. The molecule has 7 heterocycles. The summed E-state index contributed by atoms with van der Waals surface area (Å²) in [6.07, 6.45) is 20.9. The van der Waals surface area contributed by atoms with Crippen molar-refractivity contribution in [2.24, 2.45) is 0 Å². The Labute approximate surface area is 401 Å². The van der Waals surface area contributed by atoms with E-state index in [1.165, 1.54) is 19.9 Å². The summed E-state index contributed by atoms with van der Waals surface area (Å²) in [6.45, 7) is 2.85. The van der Waals surface area contributed by atoms with Gasteiger partial charge in [0.1, 0.15) is 5.95 Å². The molecule has 0 amide bonds. The fourth-order valence-corrected chi connectivity index (χ4v) is 5.54. The molecule has 0 saturated carbocycles. The van der Waals surface area contributed by atoms with Crippen molar-refractivity contribution in [1.82, 2.24) is 43.5 Å². The van der Waals surface area contributed by atoms with Crippen LogP contribution in [-0.4, -0.2) is 54.3 Å². The molecule has 1 N–H and O–H groups in total. The van der Waals surface area contributed by atoms with Crippen molar-refractivity contribution in [1.29, 1.82) is 0 Å². The van der Waals surface area contributed by atoms with Gasteiger partial charge in [0.15, 0.2) is 5.78 Å². The monoisotopic (exact) mass is 1530 g/mol. The van der Waals surface area contributed by atoms with Crippen LogP contribution in [0.4, 0.5) is 0 Å². The number of aliphatic hydroxyl groups excluding tert-OH is 1. The number of nitrogens with zero attached hydrogens (tertiary/aromatic N) is 9. The molecule has 310 valence electrons. The number of carbonyl (C=O) groups is 1. The molecule has 0 saturated heterocycles. The molecule has 0 aliphatic rings. The molecule has 0 spiro atoms. The summed E-state index contributed by atoms with van der Waals surface area (Å²) < 4.78 is 9.25. The quantitative estimate of drug-likeness (QED) is 0.101. The van der Waals surface area contributed by atoms with E-state index < -0.39 is 0 Å². The number of aromatic nitrogens is 9. The molecule has 2 aromatic carbocycles. The third-order valence-electron chi connectivity index (χ3n) is 6.69. The van der Waals surface area contributed by atoms with Crippen LogP contribution < -0.4 is 0 Å². The van der Waals surface area contributed by atoms with Crippen LogP contribution in [0.5, 0.6) is 0 Å². The summed E-state index contributed by atoms with van der Waals surface area (Å²) in [5.74, 6) is 0.781. The van der Waals surface area contributed by atoms with Crippen LogP contribution in [-0.2, 0) is 87.1 Å². The Morgan fingerprint density at radius 3 is 1.79 bits per heavy atom. The van der Waals surface area contributed by atoms with Gasteiger partial charge in [-0.25, -0.2) is 6.07 Å². The first-order valence-electron chi connectivity index (χ1n) is 16.4. The van der Waals surface area contributed by atoms with Gasteiger partial charge in [0.25, 0.3) is 0 Å². The molecular formula is C41H35Ir2N9O2Pt2S2-4. The number of hydrogen-bond acceptors (Lipinski definition) is 8. The van der Waals surface area contributed by atoms with E-state index in [0.29, 0.717) is 0 Å². The van der Waals surface area contributed by atoms with Crippen molar-refractivity contribution >= 4 is 28.5 Å². The van der Waals surface area contributed by atoms with Gasteiger partial charge in [-0.15, -0.1) is 29.1 Å². The van der Waals surface area contributed by atoms with Gasteiger partial charge in [0, 0.05) is 144 Å². The third kappa shape index (κ3) is 17.4. The number of allylic oxidation sites excluding steroid dienone is 2. The fourth-order valence-electron chi connectivity index (χ4n) is 4.44. The topological polar surface area (TPSA) is 114 Å². The fraction of sp³-hybridized carbons (Fsp3) is 0.0488. The van der Waals surface area contributed by atoms with Crippen LogP contribution in [0.15, 0.2) is 175 Å². The smallest absolute Gasteiger partial charge is 0.155 e. The first-order chi connectivity index (χ1) is 26.5. The Balaban J connectivity index is 0.000000365. The minimum Gasteiger partial charge on any atom is -0.512 e. The standard InChI is InChI=1S/C13H10N3.C9H7N2.2C7H5N2S.C5H8O2.2Ir.2Pt/c1-2-6-12(7-3-1)16-11-8-14-13(16)15-9-4-5-10-15;1-2-5-9(6-3-1)11-8-4-7-10-11;2*1-3-8-9(4-1)7-2-5-10-6-7;1-4(6)3-5(2)7;;;;/h1-9,11H;1-5,7-8H;1,3-6H;1-5H;3,6H,1-2H3;;;;/q4*-1;;;;;. The molecular weight excluding hydrogens is 1490 g/mol. The zero-order chi connectivity index (χ0) is 37.8. The predicted molar refractivity (Wildman–Crippen MR) is 212 cm³/mol. The second-order valence-electron chi connectivity index (χ2n) is 10.7. The average molecular weight is 1520 g/mol. The van der Waals surface area contributed by atoms with Gasteiger partial charge in [-0.2, -0.15) is 57.1 Å². The van der Waals surface area contributed by atoms with Gasteiger partial charge in [-0.1, -0.05) is 35.5 Å². The number of ketones is 1. The van der Waals surface area contributed by atoms with Gasteiger partial charge in [-0.05, 0) is 55.6 Å². The summed E-state index contributed by atoms with van der Waals surface area (Å²) in [6, 6.07) is 35.5. The van der Waals surface area contributed by atoms with Gasteiger partial charge in [0.2, 0.25) is 0 Å². The van der Waals surface area contributed by atoms with E-state index in [9.17, 15) is 4.79 Å². The Hall–Kier alpha value is -4.15. The molecule has 0 unspecified atom stereocenters. The van der Waals surface area contributed by atoms with Gasteiger partial charge in [-0.3, -0.25) is 35.2 Å². The minimum atomic E-state index is -0.125. The number of imidazole rings is 1. The Kier molecular flexibility index (Phi) is 26.0. The zero-order valence-electron chi connectivity index (χ0n) is 30.7. The van der Waals surface area contributed by atoms with Crippen molar-refractivity contribution in [3.63, 3.8) is 0 Å². The van der Waals surface area contributed by atoms with E-state index in [0.717, 1.165) is 28.7 Å². The molecule has 0 fully saturated rings. The molecule has 9 rings (SSSR count). The number of rotatable bonds is 6. The van der Waals surface area contributed by atoms with E-state index in [-0.39, 0.29) is 93.9 Å². The van der Waals surface area contributed by atoms with Crippen LogP contribution in [0.1, 0.15) is 13.8 Å². The average Bonchev–Trinajstić information content (AvgIpc) is 4.06. The molecule has 9 aromatic rings. The molecule has 58 heavy (non-hydrogen) atoms. The van der Waals surface area contributed by atoms with Crippen LogP contribution in [0.2, 0.25) is 0 Å². The summed E-state index contributed by atoms with van der Waals surface area (Å²) in [5, 5.41) is 29.5. The number of carbonyl (C=O) groups excluding carboxylic acids is 1. The summed E-state index contributed by atoms with van der Waals surface area (Å²) >= 11 is 3.17. The molecule has 0 atom stereocenters. The maximum atomic E-state index is 10.0. The Morgan fingerprint density at radius 1 is 0.690 bits per heavy atom. The first kappa shape index (κ1) is 51.9. The SMILES string of the molecule is CC(=O)C=C(C)O.[Ir].[Ir].[Pt].[Pt].[c-]1ccccc1-n1cccn1.[c-]1cccn1-c1nccn1-c1ccccc1.[c-]1cscc1-n1cccn1.[c-]1sccc1-n1cccn1. The first-order valence-corrected chi connectivity index (χ1v) is 18.2. The van der Waals surface area contributed by atoms with Crippen molar-refractivity contribution in [3.8, 4) is 28.7 Å². The second kappa shape index (κ2) is 29.1. The van der Waals surface area contributed by atoms with Crippen molar-refractivity contribution in [2.75, 3.05) is 0 Å².